The van der Waals surface area contributed by atoms with Crippen LogP contribution in [-0.2, 0) is 25.7 Å². The molecule has 2 heterocycles. The number of carbonyl (C=O) groups is 3. The summed E-state index contributed by atoms with van der Waals surface area (Å²) in [6, 6.07) is 7.27. The van der Waals surface area contributed by atoms with Crippen molar-refractivity contribution in [3.8, 4) is 0 Å². The van der Waals surface area contributed by atoms with Gasteiger partial charge in [0.1, 0.15) is 11.6 Å². The molecule has 1 aromatic carbocycles. The molecule has 3 amide bonds. The third-order valence-corrected chi connectivity index (χ3v) is 4.99. The van der Waals surface area contributed by atoms with Crippen molar-refractivity contribution in [2.45, 2.75) is 45.3 Å². The molecule has 1 aromatic heterocycles. The molecular weight excluding hydrogens is 419 g/mol. The third kappa shape index (κ3) is 7.45. The highest BCUT2D eigenvalue weighted by Gasteiger charge is 2.21. The van der Waals surface area contributed by atoms with E-state index in [9.17, 15) is 18.8 Å². The third-order valence-electron chi connectivity index (χ3n) is 4.99. The zero-order valence-electron chi connectivity index (χ0n) is 17.9. The van der Waals surface area contributed by atoms with Crippen molar-refractivity contribution < 1.29 is 28.0 Å². The van der Waals surface area contributed by atoms with E-state index in [1.807, 2.05) is 0 Å². The van der Waals surface area contributed by atoms with E-state index in [4.69, 9.17) is 9.26 Å². The van der Waals surface area contributed by atoms with Gasteiger partial charge in [0, 0.05) is 38.6 Å². The van der Waals surface area contributed by atoms with Crippen LogP contribution in [0.15, 0.2) is 34.9 Å². The zero-order valence-corrected chi connectivity index (χ0v) is 17.9. The fourth-order valence-corrected chi connectivity index (χ4v) is 3.31. The largest absolute Gasteiger partial charge is 0.376 e. The Morgan fingerprint density at radius 3 is 2.62 bits per heavy atom. The summed E-state index contributed by atoms with van der Waals surface area (Å²) in [5, 5.41) is 9.02. The second-order valence-corrected chi connectivity index (χ2v) is 7.69. The maximum absolute atomic E-state index is 13.2. The van der Waals surface area contributed by atoms with Crippen molar-refractivity contribution >= 4 is 23.5 Å². The molecular formula is C22H27FN4O5. The van der Waals surface area contributed by atoms with Crippen molar-refractivity contribution in [3.05, 3.63) is 47.5 Å². The molecule has 0 unspecified atom stereocenters. The summed E-state index contributed by atoms with van der Waals surface area (Å²) >= 11 is 0. The van der Waals surface area contributed by atoms with Gasteiger partial charge in [-0.1, -0.05) is 17.3 Å². The standard InChI is InChI=1S/C22H27FN4O5/c1-15-11-19(26-32-15)25-20(28)8-9-22(30)27(13-16-4-6-17(23)7-5-16)14-21(29)24-12-18-3-2-10-31-18/h4-7,11,18H,2-3,8-10,12-14H2,1H3,(H,24,29)(H,25,26,28)/t18-/m0/s1. The van der Waals surface area contributed by atoms with Gasteiger partial charge in [-0.2, -0.15) is 0 Å². The minimum Gasteiger partial charge on any atom is -0.376 e. The summed E-state index contributed by atoms with van der Waals surface area (Å²) in [6.07, 6.45) is 1.67. The molecule has 0 bridgehead atoms. The molecule has 1 fully saturated rings. The normalized spacial score (nSPS) is 15.4. The molecule has 1 aliphatic rings. The molecule has 32 heavy (non-hydrogen) atoms. The van der Waals surface area contributed by atoms with Gasteiger partial charge >= 0.3 is 0 Å². The van der Waals surface area contributed by atoms with Gasteiger partial charge in [-0.3, -0.25) is 14.4 Å². The van der Waals surface area contributed by atoms with Crippen LogP contribution in [0.2, 0.25) is 0 Å². The van der Waals surface area contributed by atoms with Crippen molar-refractivity contribution in [1.29, 1.82) is 0 Å². The topological polar surface area (TPSA) is 114 Å². The highest BCUT2D eigenvalue weighted by Crippen LogP contribution is 2.12. The zero-order chi connectivity index (χ0) is 22.9. The number of anilines is 1. The average molecular weight is 446 g/mol. The van der Waals surface area contributed by atoms with Gasteiger partial charge in [0.05, 0.1) is 12.6 Å². The summed E-state index contributed by atoms with van der Waals surface area (Å²) in [5.74, 6) is -0.643. The van der Waals surface area contributed by atoms with E-state index < -0.39 is 5.91 Å². The van der Waals surface area contributed by atoms with Crippen LogP contribution in [-0.4, -0.2) is 53.6 Å². The lowest BCUT2D eigenvalue weighted by Crippen LogP contribution is -2.42. The minimum absolute atomic E-state index is 0.0101. The van der Waals surface area contributed by atoms with Gasteiger partial charge in [-0.05, 0) is 37.5 Å². The van der Waals surface area contributed by atoms with E-state index in [0.29, 0.717) is 24.5 Å². The lowest BCUT2D eigenvalue weighted by molar-refractivity contribution is -0.137. The van der Waals surface area contributed by atoms with Gasteiger partial charge in [0.15, 0.2) is 5.82 Å². The molecule has 2 N–H and O–H groups in total. The molecule has 0 spiro atoms. The van der Waals surface area contributed by atoms with Gasteiger partial charge in [-0.15, -0.1) is 0 Å². The number of halogens is 1. The predicted octanol–water partition coefficient (Wildman–Crippen LogP) is 2.16. The number of nitrogens with zero attached hydrogens (tertiary/aromatic N) is 2. The van der Waals surface area contributed by atoms with E-state index in [-0.39, 0.29) is 55.5 Å². The van der Waals surface area contributed by atoms with Gasteiger partial charge in [-0.25, -0.2) is 4.39 Å². The maximum atomic E-state index is 13.2. The first-order valence-corrected chi connectivity index (χ1v) is 10.5. The molecule has 1 saturated heterocycles. The van der Waals surface area contributed by atoms with E-state index in [1.165, 1.54) is 17.0 Å². The van der Waals surface area contributed by atoms with Crippen molar-refractivity contribution in [3.63, 3.8) is 0 Å². The van der Waals surface area contributed by atoms with Crippen LogP contribution in [0.25, 0.3) is 0 Å². The fourth-order valence-electron chi connectivity index (χ4n) is 3.31. The van der Waals surface area contributed by atoms with Crippen molar-refractivity contribution in [1.82, 2.24) is 15.4 Å². The number of aromatic nitrogens is 1. The Morgan fingerprint density at radius 2 is 1.97 bits per heavy atom. The Labute approximate surface area is 185 Å². The maximum Gasteiger partial charge on any atom is 0.239 e. The molecule has 0 saturated carbocycles. The summed E-state index contributed by atoms with van der Waals surface area (Å²) in [5.41, 5.74) is 0.675. The lowest BCUT2D eigenvalue weighted by Gasteiger charge is -2.23. The average Bonchev–Trinajstić information content (AvgIpc) is 3.43. The first-order chi connectivity index (χ1) is 15.4. The highest BCUT2D eigenvalue weighted by molar-refractivity contribution is 5.93. The summed E-state index contributed by atoms with van der Waals surface area (Å²) < 4.78 is 23.6. The molecule has 3 rings (SSSR count). The Balaban J connectivity index is 1.55. The number of carbonyl (C=O) groups excluding carboxylic acids is 3. The molecule has 9 nitrogen and oxygen atoms in total. The molecule has 1 atom stereocenters. The summed E-state index contributed by atoms with van der Waals surface area (Å²) in [6.45, 7) is 2.72. The molecule has 10 heteroatoms. The summed E-state index contributed by atoms with van der Waals surface area (Å²) in [4.78, 5) is 38.7. The van der Waals surface area contributed by atoms with E-state index in [2.05, 4.69) is 15.8 Å². The molecule has 0 radical (unpaired) electrons. The van der Waals surface area contributed by atoms with Crippen LogP contribution in [0.4, 0.5) is 10.2 Å². The SMILES string of the molecule is Cc1cc(NC(=O)CCC(=O)N(CC(=O)NC[C@@H]2CCCO2)Cc2ccc(F)cc2)no1. The second kappa shape index (κ2) is 11.4. The number of rotatable bonds is 10. The number of benzene rings is 1. The van der Waals surface area contributed by atoms with Crippen LogP contribution in [0, 0.1) is 12.7 Å². The molecule has 172 valence electrons. The monoisotopic (exact) mass is 446 g/mol. The van der Waals surface area contributed by atoms with E-state index in [0.717, 1.165) is 12.8 Å². The Morgan fingerprint density at radius 1 is 1.19 bits per heavy atom. The second-order valence-electron chi connectivity index (χ2n) is 7.69. The molecule has 2 aromatic rings. The number of aryl methyl sites for hydroxylation is 1. The van der Waals surface area contributed by atoms with Crippen LogP contribution in [0.1, 0.15) is 37.0 Å². The van der Waals surface area contributed by atoms with E-state index >= 15 is 0 Å². The number of ether oxygens (including phenoxy) is 1. The summed E-state index contributed by atoms with van der Waals surface area (Å²) in [7, 11) is 0. The van der Waals surface area contributed by atoms with Crippen LogP contribution < -0.4 is 10.6 Å². The molecule has 1 aliphatic heterocycles. The predicted molar refractivity (Wildman–Crippen MR) is 113 cm³/mol. The Kier molecular flexibility index (Phi) is 8.32. The fraction of sp³-hybridized carbons (Fsp3) is 0.455. The van der Waals surface area contributed by atoms with Crippen LogP contribution >= 0.6 is 0 Å². The van der Waals surface area contributed by atoms with Crippen LogP contribution in [0.3, 0.4) is 0 Å². The van der Waals surface area contributed by atoms with Gasteiger partial charge in [0.2, 0.25) is 17.7 Å². The first-order valence-electron chi connectivity index (χ1n) is 10.5. The first kappa shape index (κ1) is 23.4. The van der Waals surface area contributed by atoms with Crippen LogP contribution in [0.5, 0.6) is 0 Å². The van der Waals surface area contributed by atoms with Gasteiger partial charge in [0.25, 0.3) is 0 Å². The molecule has 0 aliphatic carbocycles. The van der Waals surface area contributed by atoms with Crippen molar-refractivity contribution in [2.75, 3.05) is 25.0 Å². The lowest BCUT2D eigenvalue weighted by atomic mass is 10.2. The number of amides is 3. The number of hydrogen-bond acceptors (Lipinski definition) is 6. The Hall–Kier alpha value is -3.27. The Bertz CT molecular complexity index is 925. The quantitative estimate of drug-likeness (QED) is 0.578. The number of hydrogen-bond donors (Lipinski definition) is 2. The highest BCUT2D eigenvalue weighted by atomic mass is 19.1. The van der Waals surface area contributed by atoms with Crippen molar-refractivity contribution in [2.24, 2.45) is 0 Å². The van der Waals surface area contributed by atoms with Gasteiger partial charge < -0.3 is 24.8 Å². The number of nitrogens with one attached hydrogen (secondary N) is 2. The smallest absolute Gasteiger partial charge is 0.239 e. The minimum atomic E-state index is -0.392. The van der Waals surface area contributed by atoms with E-state index in [1.54, 1.807) is 25.1 Å².